The molecule has 0 saturated carbocycles. The molecule has 1 aromatic heterocycles. The Kier molecular flexibility index (Phi) is 5.36. The van der Waals surface area contributed by atoms with Gasteiger partial charge in [-0.15, -0.1) is 0 Å². The number of piperazine rings is 1. The van der Waals surface area contributed by atoms with Gasteiger partial charge in [-0.1, -0.05) is 12.1 Å². The molecular weight excluding hydrogens is 338 g/mol. The van der Waals surface area contributed by atoms with Crippen LogP contribution in [0.5, 0.6) is 5.75 Å². The summed E-state index contributed by atoms with van der Waals surface area (Å²) in [4.78, 5) is 6.80. The number of hydrogen-bond acceptors (Lipinski definition) is 5. The summed E-state index contributed by atoms with van der Waals surface area (Å²) in [6.07, 6.45) is 1.78. The van der Waals surface area contributed by atoms with Gasteiger partial charge in [0.1, 0.15) is 10.6 Å². The Bertz CT molecular complexity index is 817. The number of rotatable bonds is 5. The first-order valence-electron chi connectivity index (χ1n) is 8.28. The van der Waals surface area contributed by atoms with Crippen molar-refractivity contribution < 1.29 is 13.2 Å². The maximum atomic E-state index is 13.0. The summed E-state index contributed by atoms with van der Waals surface area (Å²) in [7, 11) is -2.06. The number of aryl methyl sites for hydroxylation is 1. The van der Waals surface area contributed by atoms with Crippen LogP contribution in [0.4, 0.5) is 0 Å². The highest BCUT2D eigenvalue weighted by Crippen LogP contribution is 2.28. The molecule has 1 aliphatic heterocycles. The third-order valence-corrected chi connectivity index (χ3v) is 6.30. The molecule has 7 heteroatoms. The maximum Gasteiger partial charge on any atom is 0.246 e. The highest BCUT2D eigenvalue weighted by Gasteiger charge is 2.30. The molecule has 3 rings (SSSR count). The quantitative estimate of drug-likeness (QED) is 0.814. The molecule has 0 spiro atoms. The number of methoxy groups -OCH3 is 1. The summed E-state index contributed by atoms with van der Waals surface area (Å²) >= 11 is 0. The Balaban J connectivity index is 1.71. The lowest BCUT2D eigenvalue weighted by atomic mass is 10.2. The van der Waals surface area contributed by atoms with E-state index in [4.69, 9.17) is 4.74 Å². The van der Waals surface area contributed by atoms with Crippen molar-refractivity contribution in [1.82, 2.24) is 14.2 Å². The zero-order valence-electron chi connectivity index (χ0n) is 14.6. The molecule has 0 unspecified atom stereocenters. The van der Waals surface area contributed by atoms with Gasteiger partial charge in [0, 0.05) is 38.9 Å². The zero-order valence-corrected chi connectivity index (χ0v) is 15.4. The molecule has 0 atom stereocenters. The minimum absolute atomic E-state index is 0.244. The first-order valence-corrected chi connectivity index (χ1v) is 9.72. The van der Waals surface area contributed by atoms with Crippen molar-refractivity contribution in [2.75, 3.05) is 33.3 Å². The SMILES string of the molecule is COc1ccc(C)cc1S(=O)(=O)N1CCN(Cc2ccccn2)CC1. The summed E-state index contributed by atoms with van der Waals surface area (Å²) in [5.41, 5.74) is 1.90. The van der Waals surface area contributed by atoms with Gasteiger partial charge in [-0.25, -0.2) is 8.42 Å². The average Bonchev–Trinajstić information content (AvgIpc) is 2.63. The van der Waals surface area contributed by atoms with Gasteiger partial charge >= 0.3 is 0 Å². The van der Waals surface area contributed by atoms with E-state index in [9.17, 15) is 8.42 Å². The minimum atomic E-state index is -3.56. The van der Waals surface area contributed by atoms with Crippen molar-refractivity contribution in [3.8, 4) is 5.75 Å². The molecule has 0 amide bonds. The molecule has 6 nitrogen and oxygen atoms in total. The Hall–Kier alpha value is -1.96. The lowest BCUT2D eigenvalue weighted by molar-refractivity contribution is 0.179. The van der Waals surface area contributed by atoms with E-state index in [0.717, 1.165) is 17.8 Å². The average molecular weight is 361 g/mol. The van der Waals surface area contributed by atoms with E-state index in [1.165, 1.54) is 7.11 Å². The van der Waals surface area contributed by atoms with Crippen molar-refractivity contribution in [3.63, 3.8) is 0 Å². The van der Waals surface area contributed by atoms with E-state index >= 15 is 0 Å². The van der Waals surface area contributed by atoms with Crippen molar-refractivity contribution in [1.29, 1.82) is 0 Å². The van der Waals surface area contributed by atoms with Gasteiger partial charge in [0.05, 0.1) is 12.8 Å². The largest absolute Gasteiger partial charge is 0.495 e. The Morgan fingerprint density at radius 3 is 2.52 bits per heavy atom. The number of benzene rings is 1. The van der Waals surface area contributed by atoms with E-state index in [1.807, 2.05) is 31.2 Å². The Morgan fingerprint density at radius 2 is 1.88 bits per heavy atom. The maximum absolute atomic E-state index is 13.0. The van der Waals surface area contributed by atoms with Gasteiger partial charge in [-0.3, -0.25) is 9.88 Å². The van der Waals surface area contributed by atoms with Crippen LogP contribution >= 0.6 is 0 Å². The predicted molar refractivity (Wildman–Crippen MR) is 96.0 cm³/mol. The summed E-state index contributed by atoms with van der Waals surface area (Å²) < 4.78 is 32.8. The van der Waals surface area contributed by atoms with E-state index in [0.29, 0.717) is 31.9 Å². The van der Waals surface area contributed by atoms with Crippen LogP contribution in [0.2, 0.25) is 0 Å². The third kappa shape index (κ3) is 4.00. The van der Waals surface area contributed by atoms with Crippen molar-refractivity contribution in [2.24, 2.45) is 0 Å². The van der Waals surface area contributed by atoms with Crippen LogP contribution in [-0.2, 0) is 16.6 Å². The van der Waals surface area contributed by atoms with Crippen molar-refractivity contribution >= 4 is 10.0 Å². The first kappa shape index (κ1) is 17.8. The number of ether oxygens (including phenoxy) is 1. The number of sulfonamides is 1. The highest BCUT2D eigenvalue weighted by atomic mass is 32.2. The van der Waals surface area contributed by atoms with Crippen LogP contribution in [0.15, 0.2) is 47.5 Å². The van der Waals surface area contributed by atoms with Crippen LogP contribution in [0.3, 0.4) is 0 Å². The summed E-state index contributed by atoms with van der Waals surface area (Å²) in [5.74, 6) is 0.390. The smallest absolute Gasteiger partial charge is 0.246 e. The van der Waals surface area contributed by atoms with Gasteiger partial charge in [0.15, 0.2) is 0 Å². The topological polar surface area (TPSA) is 62.7 Å². The molecule has 0 N–H and O–H groups in total. The molecule has 2 aromatic rings. The molecule has 25 heavy (non-hydrogen) atoms. The molecule has 1 fully saturated rings. The third-order valence-electron chi connectivity index (χ3n) is 4.38. The normalized spacial score (nSPS) is 16.7. The fourth-order valence-electron chi connectivity index (χ4n) is 2.97. The van der Waals surface area contributed by atoms with Gasteiger partial charge in [-0.2, -0.15) is 4.31 Å². The number of aromatic nitrogens is 1. The second kappa shape index (κ2) is 7.51. The second-order valence-corrected chi connectivity index (χ2v) is 8.06. The van der Waals surface area contributed by atoms with Crippen LogP contribution in [0, 0.1) is 6.92 Å². The molecule has 134 valence electrons. The first-order chi connectivity index (χ1) is 12.0. The van der Waals surface area contributed by atoms with Gasteiger partial charge in [-0.05, 0) is 36.8 Å². The van der Waals surface area contributed by atoms with Gasteiger partial charge < -0.3 is 4.74 Å². The molecular formula is C18H23N3O3S. The van der Waals surface area contributed by atoms with Crippen molar-refractivity contribution in [2.45, 2.75) is 18.4 Å². The second-order valence-electron chi connectivity index (χ2n) is 6.16. The van der Waals surface area contributed by atoms with Crippen molar-refractivity contribution in [3.05, 3.63) is 53.9 Å². The fraction of sp³-hybridized carbons (Fsp3) is 0.389. The van der Waals surface area contributed by atoms with E-state index < -0.39 is 10.0 Å². The number of pyridine rings is 1. The van der Waals surface area contributed by atoms with E-state index in [1.54, 1.807) is 22.6 Å². The lowest BCUT2D eigenvalue weighted by Gasteiger charge is -2.34. The van der Waals surface area contributed by atoms with Gasteiger partial charge in [0.2, 0.25) is 10.0 Å². The molecule has 0 aliphatic carbocycles. The predicted octanol–water partition coefficient (Wildman–Crippen LogP) is 1.91. The number of hydrogen-bond donors (Lipinski definition) is 0. The minimum Gasteiger partial charge on any atom is -0.495 e. The number of nitrogens with zero attached hydrogens (tertiary/aromatic N) is 3. The Morgan fingerprint density at radius 1 is 1.12 bits per heavy atom. The van der Waals surface area contributed by atoms with Crippen LogP contribution in [0.1, 0.15) is 11.3 Å². The molecule has 2 heterocycles. The van der Waals surface area contributed by atoms with Gasteiger partial charge in [0.25, 0.3) is 0 Å². The summed E-state index contributed by atoms with van der Waals surface area (Å²) in [6.45, 7) is 4.91. The van der Waals surface area contributed by atoms with E-state index in [-0.39, 0.29) is 4.90 Å². The standard InChI is InChI=1S/C18H23N3O3S/c1-15-6-7-17(24-2)18(13-15)25(22,23)21-11-9-20(10-12-21)14-16-5-3-4-8-19-16/h3-8,13H,9-12,14H2,1-2H3. The highest BCUT2D eigenvalue weighted by molar-refractivity contribution is 7.89. The van der Waals surface area contributed by atoms with Crippen LogP contribution in [0.25, 0.3) is 0 Å². The molecule has 1 aromatic carbocycles. The molecule has 0 radical (unpaired) electrons. The van der Waals surface area contributed by atoms with Crippen LogP contribution < -0.4 is 4.74 Å². The molecule has 0 bridgehead atoms. The fourth-order valence-corrected chi connectivity index (χ4v) is 4.64. The van der Waals surface area contributed by atoms with E-state index in [2.05, 4.69) is 9.88 Å². The summed E-state index contributed by atoms with van der Waals surface area (Å²) in [6, 6.07) is 11.1. The lowest BCUT2D eigenvalue weighted by Crippen LogP contribution is -2.48. The zero-order chi connectivity index (χ0) is 17.9. The monoisotopic (exact) mass is 361 g/mol. The Labute approximate surface area is 149 Å². The summed E-state index contributed by atoms with van der Waals surface area (Å²) in [5, 5.41) is 0. The molecule has 1 saturated heterocycles. The van der Waals surface area contributed by atoms with Crippen LogP contribution in [-0.4, -0.2) is 55.9 Å². The molecule has 1 aliphatic rings.